The maximum atomic E-state index is 10.4. The number of aliphatic hydroxyl groups excluding tert-OH is 2. The summed E-state index contributed by atoms with van der Waals surface area (Å²) in [5.74, 6) is 2.67. The summed E-state index contributed by atoms with van der Waals surface area (Å²) in [4.78, 5) is 0. The summed E-state index contributed by atoms with van der Waals surface area (Å²) >= 11 is 0. The van der Waals surface area contributed by atoms with Crippen LogP contribution in [0.25, 0.3) is 0 Å². The molecule has 0 amide bonds. The standard InChI is InChI=1S/C19H30O2/c1-18-9-7-13(20)11-12(18)3-4-14-15-5-6-17(21)19(15,2)10-8-16(14)18/h3-4,12-17,20-21H,5-11H2,1-2H3/t12-,13-,14-,15-,16-,17+,18-,19-/m0/s1. The maximum absolute atomic E-state index is 10.4. The van der Waals surface area contributed by atoms with Crippen molar-refractivity contribution in [1.82, 2.24) is 0 Å². The summed E-state index contributed by atoms with van der Waals surface area (Å²) in [5.41, 5.74) is 0.538. The lowest BCUT2D eigenvalue weighted by Gasteiger charge is -2.58. The summed E-state index contributed by atoms with van der Waals surface area (Å²) in [7, 11) is 0. The zero-order chi connectivity index (χ0) is 14.8. The number of fused-ring (bicyclic) bond motifs is 5. The van der Waals surface area contributed by atoms with E-state index in [1.807, 2.05) is 0 Å². The Morgan fingerprint density at radius 2 is 1.57 bits per heavy atom. The molecule has 118 valence electrons. The fourth-order valence-electron chi connectivity index (χ4n) is 6.57. The second-order valence-corrected chi connectivity index (χ2v) is 8.85. The van der Waals surface area contributed by atoms with Gasteiger partial charge in [0.25, 0.3) is 0 Å². The predicted octanol–water partition coefficient (Wildman–Crippen LogP) is 3.53. The summed E-state index contributed by atoms with van der Waals surface area (Å²) < 4.78 is 0. The average molecular weight is 290 g/mol. The average Bonchev–Trinajstić information content (AvgIpc) is 2.76. The number of hydrogen-bond acceptors (Lipinski definition) is 2. The van der Waals surface area contributed by atoms with Crippen LogP contribution in [0.2, 0.25) is 0 Å². The van der Waals surface area contributed by atoms with Crippen LogP contribution < -0.4 is 0 Å². The van der Waals surface area contributed by atoms with Gasteiger partial charge in [0.05, 0.1) is 12.2 Å². The molecule has 2 nitrogen and oxygen atoms in total. The first-order valence-electron chi connectivity index (χ1n) is 8.99. The lowest BCUT2D eigenvalue weighted by Crippen LogP contribution is -2.52. The summed E-state index contributed by atoms with van der Waals surface area (Å²) in [6.07, 6.45) is 12.5. The van der Waals surface area contributed by atoms with Gasteiger partial charge in [-0.1, -0.05) is 26.0 Å². The first-order valence-corrected chi connectivity index (χ1v) is 8.99. The molecule has 0 aromatic rings. The Morgan fingerprint density at radius 1 is 0.857 bits per heavy atom. The number of aliphatic hydroxyl groups is 2. The van der Waals surface area contributed by atoms with Gasteiger partial charge in [0.15, 0.2) is 0 Å². The van der Waals surface area contributed by atoms with E-state index in [4.69, 9.17) is 0 Å². The third-order valence-corrected chi connectivity index (χ3v) is 8.08. The van der Waals surface area contributed by atoms with Gasteiger partial charge in [-0.2, -0.15) is 0 Å². The second kappa shape index (κ2) is 4.58. The Morgan fingerprint density at radius 3 is 2.38 bits per heavy atom. The topological polar surface area (TPSA) is 40.5 Å². The Hall–Kier alpha value is -0.340. The van der Waals surface area contributed by atoms with Gasteiger partial charge >= 0.3 is 0 Å². The van der Waals surface area contributed by atoms with E-state index in [0.717, 1.165) is 25.2 Å². The summed E-state index contributed by atoms with van der Waals surface area (Å²) in [6.45, 7) is 4.82. The molecule has 0 spiro atoms. The molecule has 0 unspecified atom stereocenters. The molecule has 4 aliphatic carbocycles. The molecule has 0 aliphatic heterocycles. The van der Waals surface area contributed by atoms with Crippen LogP contribution in [0.15, 0.2) is 12.2 Å². The molecule has 0 radical (unpaired) electrons. The van der Waals surface area contributed by atoms with Crippen molar-refractivity contribution < 1.29 is 10.2 Å². The molecule has 4 aliphatic rings. The Kier molecular flexibility index (Phi) is 3.11. The van der Waals surface area contributed by atoms with Crippen molar-refractivity contribution in [2.45, 2.75) is 71.0 Å². The van der Waals surface area contributed by atoms with E-state index < -0.39 is 0 Å². The summed E-state index contributed by atoms with van der Waals surface area (Å²) in [6, 6.07) is 0. The lowest BCUT2D eigenvalue weighted by atomic mass is 9.47. The quantitative estimate of drug-likeness (QED) is 0.670. The molecule has 2 heteroatoms. The number of hydrogen-bond donors (Lipinski definition) is 2. The van der Waals surface area contributed by atoms with Gasteiger partial charge in [0.1, 0.15) is 0 Å². The first kappa shape index (κ1) is 14.3. The number of rotatable bonds is 0. The first-order chi connectivity index (χ1) is 9.95. The van der Waals surface area contributed by atoms with Crippen molar-refractivity contribution >= 4 is 0 Å². The van der Waals surface area contributed by atoms with E-state index in [-0.39, 0.29) is 17.6 Å². The highest BCUT2D eigenvalue weighted by molar-refractivity contribution is 5.18. The Labute approximate surface area is 128 Å². The van der Waals surface area contributed by atoms with Crippen LogP contribution in [-0.2, 0) is 0 Å². The predicted molar refractivity (Wildman–Crippen MR) is 83.6 cm³/mol. The largest absolute Gasteiger partial charge is 0.393 e. The van der Waals surface area contributed by atoms with E-state index in [1.165, 1.54) is 25.7 Å². The third kappa shape index (κ3) is 1.84. The molecule has 3 saturated carbocycles. The maximum Gasteiger partial charge on any atom is 0.0596 e. The molecule has 2 N–H and O–H groups in total. The molecule has 21 heavy (non-hydrogen) atoms. The van der Waals surface area contributed by atoms with Gasteiger partial charge in [-0.25, -0.2) is 0 Å². The molecule has 0 heterocycles. The van der Waals surface area contributed by atoms with Crippen LogP contribution >= 0.6 is 0 Å². The molecule has 8 atom stereocenters. The van der Waals surface area contributed by atoms with Crippen LogP contribution in [0.5, 0.6) is 0 Å². The molecule has 0 aromatic heterocycles. The molecule has 0 saturated heterocycles. The van der Waals surface area contributed by atoms with Crippen LogP contribution in [0, 0.1) is 34.5 Å². The zero-order valence-electron chi connectivity index (χ0n) is 13.5. The molecule has 3 fully saturated rings. The van der Waals surface area contributed by atoms with Gasteiger partial charge in [0.2, 0.25) is 0 Å². The Bertz CT molecular complexity index is 458. The van der Waals surface area contributed by atoms with E-state index >= 15 is 0 Å². The number of allylic oxidation sites excluding steroid dienone is 2. The zero-order valence-corrected chi connectivity index (χ0v) is 13.5. The van der Waals surface area contributed by atoms with Crippen LogP contribution in [-0.4, -0.2) is 22.4 Å². The smallest absolute Gasteiger partial charge is 0.0596 e. The molecule has 4 rings (SSSR count). The van der Waals surface area contributed by atoms with Crippen LogP contribution in [0.4, 0.5) is 0 Å². The van der Waals surface area contributed by atoms with Gasteiger partial charge in [0, 0.05) is 0 Å². The Balaban J connectivity index is 1.68. The highest BCUT2D eigenvalue weighted by Gasteiger charge is 2.58. The van der Waals surface area contributed by atoms with E-state index in [9.17, 15) is 10.2 Å². The van der Waals surface area contributed by atoms with Crippen LogP contribution in [0.3, 0.4) is 0 Å². The highest BCUT2D eigenvalue weighted by Crippen LogP contribution is 2.64. The van der Waals surface area contributed by atoms with Gasteiger partial charge in [-0.3, -0.25) is 0 Å². The minimum absolute atomic E-state index is 0.0874. The van der Waals surface area contributed by atoms with E-state index in [2.05, 4.69) is 26.0 Å². The van der Waals surface area contributed by atoms with Gasteiger partial charge in [-0.05, 0) is 79.4 Å². The van der Waals surface area contributed by atoms with Crippen molar-refractivity contribution in [2.24, 2.45) is 34.5 Å². The molecular weight excluding hydrogens is 260 g/mol. The second-order valence-electron chi connectivity index (χ2n) is 8.85. The fraction of sp³-hybridized carbons (Fsp3) is 0.895. The van der Waals surface area contributed by atoms with E-state index in [1.54, 1.807) is 0 Å². The van der Waals surface area contributed by atoms with Crippen LogP contribution in [0.1, 0.15) is 58.8 Å². The normalized spacial score (nSPS) is 59.2. The minimum Gasteiger partial charge on any atom is -0.393 e. The van der Waals surface area contributed by atoms with Crippen molar-refractivity contribution in [3.05, 3.63) is 12.2 Å². The van der Waals surface area contributed by atoms with Gasteiger partial charge in [-0.15, -0.1) is 0 Å². The molecular formula is C19H30O2. The van der Waals surface area contributed by atoms with Crippen molar-refractivity contribution in [1.29, 1.82) is 0 Å². The molecule has 0 bridgehead atoms. The monoisotopic (exact) mass is 290 g/mol. The van der Waals surface area contributed by atoms with Crippen molar-refractivity contribution in [3.63, 3.8) is 0 Å². The SMILES string of the molecule is C[C@]12CC[C@H](O)C[C@@H]1C=C[C@@H]1[C@@H]2CC[C@]2(C)[C@H](O)CC[C@@H]12. The highest BCUT2D eigenvalue weighted by atomic mass is 16.3. The molecule has 0 aromatic carbocycles. The third-order valence-electron chi connectivity index (χ3n) is 8.08. The minimum atomic E-state index is -0.0913. The summed E-state index contributed by atoms with van der Waals surface area (Å²) in [5, 5.41) is 20.5. The fourth-order valence-corrected chi connectivity index (χ4v) is 6.57. The lowest BCUT2D eigenvalue weighted by molar-refractivity contribution is -0.0894. The van der Waals surface area contributed by atoms with Crippen molar-refractivity contribution in [2.75, 3.05) is 0 Å². The van der Waals surface area contributed by atoms with Crippen molar-refractivity contribution in [3.8, 4) is 0 Å². The van der Waals surface area contributed by atoms with E-state index in [0.29, 0.717) is 23.2 Å². The van der Waals surface area contributed by atoms with Gasteiger partial charge < -0.3 is 10.2 Å².